The molecule has 1 saturated carbocycles. The third-order valence-electron chi connectivity index (χ3n) is 3.93. The van der Waals surface area contributed by atoms with Crippen molar-refractivity contribution >= 4 is 5.78 Å². The number of carbonyl (C=O) groups is 1. The van der Waals surface area contributed by atoms with Crippen LogP contribution in [0.4, 0.5) is 0 Å². The Morgan fingerprint density at radius 2 is 1.94 bits per heavy atom. The lowest BCUT2D eigenvalue weighted by atomic mass is 9.96. The third kappa shape index (κ3) is 3.69. The molecule has 0 N–H and O–H groups in total. The summed E-state index contributed by atoms with van der Waals surface area (Å²) >= 11 is 0. The Kier molecular flexibility index (Phi) is 4.36. The molecule has 17 heavy (non-hydrogen) atoms. The van der Waals surface area contributed by atoms with Crippen LogP contribution < -0.4 is 0 Å². The monoisotopic (exact) mass is 230 g/mol. The second-order valence-corrected chi connectivity index (χ2v) is 5.32. The van der Waals surface area contributed by atoms with Crippen LogP contribution in [0.3, 0.4) is 0 Å². The number of aryl methyl sites for hydroxylation is 2. The standard InChI is InChI=1S/C16H22O/c1-13-6-2-5-9-15(13)10-11-16(17)12-14-7-3-4-8-14/h2,5-6,9,14H,3-4,7-8,10-12H2,1H3. The van der Waals surface area contributed by atoms with Gasteiger partial charge in [-0.1, -0.05) is 49.9 Å². The zero-order valence-electron chi connectivity index (χ0n) is 10.7. The van der Waals surface area contributed by atoms with Gasteiger partial charge < -0.3 is 0 Å². The maximum absolute atomic E-state index is 11.9. The van der Waals surface area contributed by atoms with Gasteiger partial charge in [0.25, 0.3) is 0 Å². The summed E-state index contributed by atoms with van der Waals surface area (Å²) in [4.78, 5) is 11.9. The van der Waals surface area contributed by atoms with Gasteiger partial charge in [0.2, 0.25) is 0 Å². The van der Waals surface area contributed by atoms with Crippen LogP contribution in [0, 0.1) is 12.8 Å². The lowest BCUT2D eigenvalue weighted by molar-refractivity contribution is -0.119. The molecule has 92 valence electrons. The SMILES string of the molecule is Cc1ccccc1CCC(=O)CC1CCCC1. The van der Waals surface area contributed by atoms with Gasteiger partial charge in [0.1, 0.15) is 5.78 Å². The first-order chi connectivity index (χ1) is 8.25. The minimum absolute atomic E-state index is 0.458. The average Bonchev–Trinajstić information content (AvgIpc) is 2.81. The van der Waals surface area contributed by atoms with Gasteiger partial charge in [-0.3, -0.25) is 4.79 Å². The first kappa shape index (κ1) is 12.3. The van der Waals surface area contributed by atoms with Crippen LogP contribution in [0.5, 0.6) is 0 Å². The third-order valence-corrected chi connectivity index (χ3v) is 3.93. The Bertz CT molecular complexity index is 375. The number of hydrogen-bond donors (Lipinski definition) is 0. The molecule has 1 nitrogen and oxygen atoms in total. The second-order valence-electron chi connectivity index (χ2n) is 5.32. The molecule has 0 bridgehead atoms. The van der Waals surface area contributed by atoms with E-state index in [9.17, 15) is 4.79 Å². The van der Waals surface area contributed by atoms with Crippen molar-refractivity contribution in [3.63, 3.8) is 0 Å². The summed E-state index contributed by atoms with van der Waals surface area (Å²) < 4.78 is 0. The lowest BCUT2D eigenvalue weighted by Crippen LogP contribution is -2.06. The molecule has 1 aliphatic carbocycles. The van der Waals surface area contributed by atoms with Crippen LogP contribution in [0.25, 0.3) is 0 Å². The fourth-order valence-electron chi connectivity index (χ4n) is 2.80. The minimum atomic E-state index is 0.458. The molecule has 1 fully saturated rings. The van der Waals surface area contributed by atoms with Gasteiger partial charge in [-0.2, -0.15) is 0 Å². The molecule has 1 heteroatoms. The molecule has 2 rings (SSSR count). The highest BCUT2D eigenvalue weighted by Gasteiger charge is 2.18. The molecule has 0 aromatic heterocycles. The van der Waals surface area contributed by atoms with Gasteiger partial charge >= 0.3 is 0 Å². The van der Waals surface area contributed by atoms with Crippen molar-refractivity contribution < 1.29 is 4.79 Å². The summed E-state index contributed by atoms with van der Waals surface area (Å²) in [5, 5.41) is 0. The van der Waals surface area contributed by atoms with Gasteiger partial charge in [-0.15, -0.1) is 0 Å². The molecule has 1 aromatic carbocycles. The van der Waals surface area contributed by atoms with Crippen molar-refractivity contribution in [3.05, 3.63) is 35.4 Å². The highest BCUT2D eigenvalue weighted by atomic mass is 16.1. The molecule has 0 heterocycles. The fraction of sp³-hybridized carbons (Fsp3) is 0.562. The van der Waals surface area contributed by atoms with E-state index in [1.807, 2.05) is 0 Å². The van der Waals surface area contributed by atoms with Crippen LogP contribution in [0.2, 0.25) is 0 Å². The van der Waals surface area contributed by atoms with Crippen LogP contribution in [0.15, 0.2) is 24.3 Å². The van der Waals surface area contributed by atoms with Crippen molar-refractivity contribution in [2.24, 2.45) is 5.92 Å². The lowest BCUT2D eigenvalue weighted by Gasteiger charge is -2.08. The topological polar surface area (TPSA) is 17.1 Å². The van der Waals surface area contributed by atoms with E-state index >= 15 is 0 Å². The number of carbonyl (C=O) groups excluding carboxylic acids is 1. The van der Waals surface area contributed by atoms with E-state index in [0.29, 0.717) is 11.7 Å². The molecule has 0 radical (unpaired) electrons. The molecule has 1 aliphatic rings. The number of hydrogen-bond acceptors (Lipinski definition) is 1. The van der Waals surface area contributed by atoms with Crippen molar-refractivity contribution in [1.29, 1.82) is 0 Å². The van der Waals surface area contributed by atoms with E-state index in [1.54, 1.807) is 0 Å². The minimum Gasteiger partial charge on any atom is -0.300 e. The van der Waals surface area contributed by atoms with E-state index < -0.39 is 0 Å². The Hall–Kier alpha value is -1.11. The van der Waals surface area contributed by atoms with E-state index in [-0.39, 0.29) is 0 Å². The molecule has 0 atom stereocenters. The average molecular weight is 230 g/mol. The van der Waals surface area contributed by atoms with Crippen LogP contribution in [-0.2, 0) is 11.2 Å². The van der Waals surface area contributed by atoms with Gasteiger partial charge in [0.15, 0.2) is 0 Å². The van der Waals surface area contributed by atoms with E-state index in [4.69, 9.17) is 0 Å². The smallest absolute Gasteiger partial charge is 0.133 e. The number of ketones is 1. The normalized spacial score (nSPS) is 16.3. The molecule has 0 spiro atoms. The molecule has 0 amide bonds. The van der Waals surface area contributed by atoms with E-state index in [0.717, 1.165) is 19.3 Å². The van der Waals surface area contributed by atoms with Gasteiger partial charge in [0, 0.05) is 12.8 Å². The molecule has 0 unspecified atom stereocenters. The molecule has 0 aliphatic heterocycles. The summed E-state index contributed by atoms with van der Waals surface area (Å²) in [6, 6.07) is 8.37. The van der Waals surface area contributed by atoms with Crippen molar-refractivity contribution in [2.45, 2.75) is 51.9 Å². The van der Waals surface area contributed by atoms with Gasteiger partial charge in [-0.05, 0) is 30.4 Å². The Morgan fingerprint density at radius 1 is 1.24 bits per heavy atom. The quantitative estimate of drug-likeness (QED) is 0.745. The van der Waals surface area contributed by atoms with Crippen LogP contribution in [0.1, 0.15) is 49.7 Å². The Balaban J connectivity index is 1.77. The fourth-order valence-corrected chi connectivity index (χ4v) is 2.80. The summed E-state index contributed by atoms with van der Waals surface area (Å²) in [6.07, 6.45) is 7.67. The van der Waals surface area contributed by atoms with E-state index in [1.165, 1.54) is 36.8 Å². The molecule has 0 saturated heterocycles. The zero-order valence-corrected chi connectivity index (χ0v) is 10.7. The molecular formula is C16H22O. The van der Waals surface area contributed by atoms with Gasteiger partial charge in [0.05, 0.1) is 0 Å². The van der Waals surface area contributed by atoms with Crippen molar-refractivity contribution in [3.8, 4) is 0 Å². The largest absolute Gasteiger partial charge is 0.300 e. The first-order valence-electron chi connectivity index (χ1n) is 6.82. The summed E-state index contributed by atoms with van der Waals surface area (Å²) in [6.45, 7) is 2.12. The van der Waals surface area contributed by atoms with Crippen molar-refractivity contribution in [2.75, 3.05) is 0 Å². The predicted octanol–water partition coefficient (Wildman–Crippen LogP) is 4.08. The summed E-state index contributed by atoms with van der Waals surface area (Å²) in [5.74, 6) is 1.15. The number of Topliss-reactive ketones (excluding diaryl/α,β-unsaturated/α-hetero) is 1. The van der Waals surface area contributed by atoms with Crippen LogP contribution in [-0.4, -0.2) is 5.78 Å². The summed E-state index contributed by atoms with van der Waals surface area (Å²) in [5.41, 5.74) is 2.63. The number of benzene rings is 1. The summed E-state index contributed by atoms with van der Waals surface area (Å²) in [7, 11) is 0. The van der Waals surface area contributed by atoms with Gasteiger partial charge in [-0.25, -0.2) is 0 Å². The Morgan fingerprint density at radius 3 is 2.65 bits per heavy atom. The maximum Gasteiger partial charge on any atom is 0.133 e. The highest BCUT2D eigenvalue weighted by molar-refractivity contribution is 5.78. The maximum atomic E-state index is 11.9. The molecule has 1 aromatic rings. The molecular weight excluding hydrogens is 208 g/mol. The highest BCUT2D eigenvalue weighted by Crippen LogP contribution is 2.28. The Labute approximate surface area is 104 Å². The predicted molar refractivity (Wildman–Crippen MR) is 71.1 cm³/mol. The van der Waals surface area contributed by atoms with Crippen molar-refractivity contribution in [1.82, 2.24) is 0 Å². The first-order valence-corrected chi connectivity index (χ1v) is 6.82. The second kappa shape index (κ2) is 6.00. The van der Waals surface area contributed by atoms with E-state index in [2.05, 4.69) is 31.2 Å². The number of rotatable bonds is 5. The zero-order chi connectivity index (χ0) is 12.1. The van der Waals surface area contributed by atoms with Crippen LogP contribution >= 0.6 is 0 Å².